The molecule has 190 valence electrons. The molecular formula is C24H22F4N4O3S. The third-order valence-electron chi connectivity index (χ3n) is 6.60. The smallest absolute Gasteiger partial charge is 0.387 e. The summed E-state index contributed by atoms with van der Waals surface area (Å²) in [7, 11) is -2.22. The van der Waals surface area contributed by atoms with Crippen molar-refractivity contribution in [3.8, 4) is 0 Å². The van der Waals surface area contributed by atoms with E-state index in [0.717, 1.165) is 17.7 Å². The number of aromatic nitrogens is 2. The summed E-state index contributed by atoms with van der Waals surface area (Å²) in [5.74, 6) is -1.10. The fourth-order valence-electron chi connectivity index (χ4n) is 4.68. The molecule has 7 nitrogen and oxygen atoms in total. The highest BCUT2D eigenvalue weighted by Gasteiger charge is 2.45. The zero-order valence-corrected chi connectivity index (χ0v) is 19.9. The molecule has 5 rings (SSSR count). The summed E-state index contributed by atoms with van der Waals surface area (Å²) < 4.78 is 81.7. The van der Waals surface area contributed by atoms with Crippen LogP contribution in [0.25, 0.3) is 0 Å². The van der Waals surface area contributed by atoms with Gasteiger partial charge in [-0.1, -0.05) is 29.4 Å². The van der Waals surface area contributed by atoms with Crippen LogP contribution in [0, 0.1) is 11.7 Å². The molecule has 2 aliphatic rings. The normalized spacial score (nSPS) is 23.0. The number of nitrogens with zero attached hydrogens (tertiary/aromatic N) is 4. The third-order valence-corrected chi connectivity index (χ3v) is 8.32. The van der Waals surface area contributed by atoms with Gasteiger partial charge in [0.1, 0.15) is 5.82 Å². The maximum atomic E-state index is 13.6. The highest BCUT2D eigenvalue weighted by atomic mass is 32.2. The summed E-state index contributed by atoms with van der Waals surface area (Å²) in [6.45, 7) is 0.252. The zero-order chi connectivity index (χ0) is 25.7. The minimum Gasteiger partial charge on any atom is -0.387 e. The van der Waals surface area contributed by atoms with Crippen LogP contribution in [0.15, 0.2) is 71.2 Å². The molecule has 3 heterocycles. The number of hydrogen-bond acceptors (Lipinski definition) is 5. The average Bonchev–Trinajstić information content (AvgIpc) is 3.59. The van der Waals surface area contributed by atoms with Crippen LogP contribution in [0.4, 0.5) is 17.6 Å². The molecule has 1 saturated heterocycles. The Kier molecular flexibility index (Phi) is 6.11. The average molecular weight is 523 g/mol. The molecular weight excluding hydrogens is 500 g/mol. The molecule has 2 aliphatic heterocycles. The second-order valence-electron chi connectivity index (χ2n) is 8.96. The molecule has 0 saturated carbocycles. The van der Waals surface area contributed by atoms with Crippen molar-refractivity contribution in [1.29, 1.82) is 0 Å². The van der Waals surface area contributed by atoms with Crippen LogP contribution < -0.4 is 0 Å². The number of rotatable bonds is 5. The van der Waals surface area contributed by atoms with Crippen molar-refractivity contribution >= 4 is 15.7 Å². The highest BCUT2D eigenvalue weighted by Crippen LogP contribution is 2.41. The van der Waals surface area contributed by atoms with Crippen LogP contribution in [0.3, 0.4) is 0 Å². The fourth-order valence-corrected chi connectivity index (χ4v) is 6.14. The Labute approximate surface area is 205 Å². The van der Waals surface area contributed by atoms with Crippen molar-refractivity contribution in [2.75, 3.05) is 13.1 Å². The van der Waals surface area contributed by atoms with E-state index in [2.05, 4.69) is 10.1 Å². The molecule has 0 bridgehead atoms. The van der Waals surface area contributed by atoms with Gasteiger partial charge in [-0.15, -0.1) is 0 Å². The van der Waals surface area contributed by atoms with E-state index in [1.54, 1.807) is 23.7 Å². The van der Waals surface area contributed by atoms with Gasteiger partial charge in [0, 0.05) is 44.6 Å². The predicted octanol–water partition coefficient (Wildman–Crippen LogP) is 4.50. The molecule has 0 N–H and O–H groups in total. The molecule has 0 amide bonds. The summed E-state index contributed by atoms with van der Waals surface area (Å²) in [5.41, 5.74) is 1.14. The molecule has 1 aromatic heterocycles. The monoisotopic (exact) mass is 522 g/mol. The first-order valence-corrected chi connectivity index (χ1v) is 12.6. The van der Waals surface area contributed by atoms with Crippen molar-refractivity contribution in [2.45, 2.75) is 29.6 Å². The van der Waals surface area contributed by atoms with Crippen LogP contribution in [-0.4, -0.2) is 41.1 Å². The van der Waals surface area contributed by atoms with Crippen LogP contribution in [0.1, 0.15) is 35.1 Å². The van der Waals surface area contributed by atoms with E-state index in [4.69, 9.17) is 4.84 Å². The van der Waals surface area contributed by atoms with Gasteiger partial charge in [0.05, 0.1) is 17.6 Å². The van der Waals surface area contributed by atoms with Gasteiger partial charge >= 0.3 is 6.18 Å². The summed E-state index contributed by atoms with van der Waals surface area (Å²) in [6, 6.07) is 10.6. The van der Waals surface area contributed by atoms with Gasteiger partial charge in [-0.25, -0.2) is 17.8 Å². The number of aryl methyl sites for hydroxylation is 1. The number of benzene rings is 2. The van der Waals surface area contributed by atoms with Gasteiger partial charge in [0.15, 0.2) is 11.1 Å². The maximum absolute atomic E-state index is 13.6. The van der Waals surface area contributed by atoms with E-state index in [1.807, 2.05) is 0 Å². The summed E-state index contributed by atoms with van der Waals surface area (Å²) >= 11 is 0. The predicted molar refractivity (Wildman–Crippen MR) is 122 cm³/mol. The van der Waals surface area contributed by atoms with Gasteiger partial charge in [-0.05, 0) is 35.4 Å². The quantitative estimate of drug-likeness (QED) is 0.463. The van der Waals surface area contributed by atoms with Crippen molar-refractivity contribution in [3.05, 3.63) is 83.6 Å². The number of imidazole rings is 1. The summed E-state index contributed by atoms with van der Waals surface area (Å²) in [4.78, 5) is 9.55. The van der Waals surface area contributed by atoms with E-state index in [9.17, 15) is 26.0 Å². The minimum absolute atomic E-state index is 0.0734. The van der Waals surface area contributed by atoms with Gasteiger partial charge in [0.25, 0.3) is 10.0 Å². The Bertz CT molecular complexity index is 1390. The van der Waals surface area contributed by atoms with E-state index in [-0.39, 0.29) is 30.0 Å². The highest BCUT2D eigenvalue weighted by molar-refractivity contribution is 7.89. The Hall–Kier alpha value is -3.25. The molecule has 36 heavy (non-hydrogen) atoms. The van der Waals surface area contributed by atoms with E-state index >= 15 is 0 Å². The lowest BCUT2D eigenvalue weighted by Crippen LogP contribution is -2.30. The van der Waals surface area contributed by atoms with Crippen LogP contribution in [0.2, 0.25) is 0 Å². The fraction of sp³-hybridized carbons (Fsp3) is 0.333. The van der Waals surface area contributed by atoms with E-state index in [0.29, 0.717) is 17.7 Å². The Morgan fingerprint density at radius 1 is 0.972 bits per heavy atom. The molecule has 12 heteroatoms. The standard InChI is InChI=1S/C24H22F4N4O3S/c1-31-13-23(29-14-31)36(33,34)32-11-19(15-4-8-18(25)9-5-15)20(12-32)21-10-22(35-30-21)16-2-6-17(7-3-16)24(26,27)28/h2-9,13-14,19-20,22H,10-12H2,1H3. The van der Waals surface area contributed by atoms with Gasteiger partial charge in [0.2, 0.25) is 0 Å². The molecule has 3 unspecified atom stereocenters. The first-order chi connectivity index (χ1) is 17.0. The van der Waals surface area contributed by atoms with E-state index in [1.165, 1.54) is 41.1 Å². The lowest BCUT2D eigenvalue weighted by Gasteiger charge is -2.18. The lowest BCUT2D eigenvalue weighted by atomic mass is 9.83. The SMILES string of the molecule is Cn1cnc(S(=O)(=O)N2CC(C3=NOC(c4ccc(C(F)(F)F)cc4)C3)C(c3ccc(F)cc3)C2)c1. The molecule has 3 aromatic rings. The van der Waals surface area contributed by atoms with Crippen LogP contribution in [-0.2, 0) is 28.1 Å². The number of halogens is 4. The number of hydrogen-bond donors (Lipinski definition) is 0. The summed E-state index contributed by atoms with van der Waals surface area (Å²) in [5, 5.41) is 4.14. The molecule has 2 aromatic carbocycles. The van der Waals surface area contributed by atoms with Crippen LogP contribution in [0.5, 0.6) is 0 Å². The maximum Gasteiger partial charge on any atom is 0.416 e. The molecule has 1 fully saturated rings. The van der Waals surface area contributed by atoms with Crippen LogP contribution >= 0.6 is 0 Å². The van der Waals surface area contributed by atoms with Gasteiger partial charge < -0.3 is 9.40 Å². The molecule has 0 radical (unpaired) electrons. The second-order valence-corrected chi connectivity index (χ2v) is 10.8. The molecule has 3 atom stereocenters. The number of sulfonamides is 1. The van der Waals surface area contributed by atoms with Crippen molar-refractivity contribution in [3.63, 3.8) is 0 Å². The number of alkyl halides is 3. The van der Waals surface area contributed by atoms with Crippen molar-refractivity contribution < 1.29 is 30.8 Å². The summed E-state index contributed by atoms with van der Waals surface area (Å²) in [6.07, 6.45) is -1.90. The Balaban J connectivity index is 1.40. The minimum atomic E-state index is -4.44. The van der Waals surface area contributed by atoms with Gasteiger partial charge in [-0.2, -0.15) is 17.5 Å². The van der Waals surface area contributed by atoms with E-state index < -0.39 is 33.7 Å². The largest absolute Gasteiger partial charge is 0.416 e. The van der Waals surface area contributed by atoms with Crippen molar-refractivity contribution in [2.24, 2.45) is 18.1 Å². The molecule has 0 aliphatic carbocycles. The zero-order valence-electron chi connectivity index (χ0n) is 19.1. The van der Waals surface area contributed by atoms with Gasteiger partial charge in [-0.3, -0.25) is 0 Å². The molecule has 0 spiro atoms. The lowest BCUT2D eigenvalue weighted by molar-refractivity contribution is -0.137. The Morgan fingerprint density at radius 2 is 1.61 bits per heavy atom. The third kappa shape index (κ3) is 4.62. The first kappa shape index (κ1) is 24.4. The Morgan fingerprint density at radius 3 is 2.22 bits per heavy atom. The number of oxime groups is 1. The first-order valence-electron chi connectivity index (χ1n) is 11.2. The second kappa shape index (κ2) is 9.00. The van der Waals surface area contributed by atoms with Crippen molar-refractivity contribution in [1.82, 2.24) is 13.9 Å². The topological polar surface area (TPSA) is 76.8 Å².